The van der Waals surface area contributed by atoms with Crippen molar-refractivity contribution in [2.45, 2.75) is 18.9 Å². The molecule has 0 radical (unpaired) electrons. The van der Waals surface area contributed by atoms with Crippen molar-refractivity contribution < 1.29 is 14.6 Å². The Morgan fingerprint density at radius 3 is 3.00 bits per heavy atom. The number of rotatable bonds is 6. The van der Waals surface area contributed by atoms with E-state index in [0.29, 0.717) is 13.0 Å². The monoisotopic (exact) mass is 287 g/mol. The lowest BCUT2D eigenvalue weighted by molar-refractivity contribution is 0.0244. The third-order valence-electron chi connectivity index (χ3n) is 2.62. The van der Waals surface area contributed by atoms with Crippen LogP contribution in [0.2, 0.25) is 5.15 Å². The lowest BCUT2D eigenvalue weighted by Crippen LogP contribution is -2.41. The second-order valence-electron chi connectivity index (χ2n) is 4.52. The number of carbonyl (C=O) groups is 1. The van der Waals surface area contributed by atoms with Crippen molar-refractivity contribution >= 4 is 23.2 Å². The summed E-state index contributed by atoms with van der Waals surface area (Å²) in [5.74, 6) is -0.403. The average Bonchev–Trinajstić information content (AvgIpc) is 2.36. The molecule has 0 saturated heterocycles. The first-order valence-corrected chi connectivity index (χ1v) is 6.14. The normalized spacial score (nSPS) is 13.9. The van der Waals surface area contributed by atoms with Crippen molar-refractivity contribution in [1.82, 2.24) is 10.3 Å². The lowest BCUT2D eigenvalue weighted by atomic mass is 10.0. The number of nitrogens with zero attached hydrogens (tertiary/aromatic N) is 1. The maximum absolute atomic E-state index is 11.9. The molecule has 1 rings (SSSR count). The molecule has 0 bridgehead atoms. The molecule has 6 nitrogen and oxygen atoms in total. The molecule has 0 aromatic carbocycles. The fourth-order valence-corrected chi connectivity index (χ4v) is 1.57. The number of nitrogens with one attached hydrogen (secondary N) is 1. The van der Waals surface area contributed by atoms with Gasteiger partial charge in [0.25, 0.3) is 5.91 Å². The van der Waals surface area contributed by atoms with Gasteiger partial charge in [0.15, 0.2) is 0 Å². The highest BCUT2D eigenvalue weighted by atomic mass is 35.5. The molecule has 106 valence electrons. The standard InChI is InChI=1S/C12H18ClN3O3/c1-12(18,3-4-19-2)7-16-11(17)8-5-10(13)15-6-9(8)14/h5-6,18H,3-4,7,14H2,1-2H3,(H,16,17). The maximum Gasteiger partial charge on any atom is 0.253 e. The number of nitrogens with two attached hydrogens (primary N) is 1. The van der Waals surface area contributed by atoms with Crippen LogP contribution in [0.15, 0.2) is 12.3 Å². The zero-order chi connectivity index (χ0) is 14.5. The minimum atomic E-state index is -1.04. The SMILES string of the molecule is COCCC(C)(O)CNC(=O)c1cc(Cl)ncc1N. The molecule has 0 aliphatic rings. The Morgan fingerprint density at radius 2 is 2.37 bits per heavy atom. The fraction of sp³-hybridized carbons (Fsp3) is 0.500. The second kappa shape index (κ2) is 6.70. The number of anilines is 1. The number of halogens is 1. The third kappa shape index (κ3) is 5.02. The molecule has 0 aliphatic heterocycles. The smallest absolute Gasteiger partial charge is 0.253 e. The molecule has 19 heavy (non-hydrogen) atoms. The van der Waals surface area contributed by atoms with E-state index in [0.717, 1.165) is 0 Å². The zero-order valence-electron chi connectivity index (χ0n) is 10.9. The van der Waals surface area contributed by atoms with Crippen molar-refractivity contribution in [3.63, 3.8) is 0 Å². The van der Waals surface area contributed by atoms with Gasteiger partial charge >= 0.3 is 0 Å². The second-order valence-corrected chi connectivity index (χ2v) is 4.90. The molecule has 1 aromatic rings. The van der Waals surface area contributed by atoms with Crippen LogP contribution in [0, 0.1) is 0 Å². The Bertz CT molecular complexity index is 452. The van der Waals surface area contributed by atoms with E-state index in [1.165, 1.54) is 12.3 Å². The van der Waals surface area contributed by atoms with Crippen LogP contribution in [0.3, 0.4) is 0 Å². The van der Waals surface area contributed by atoms with Gasteiger partial charge in [-0.3, -0.25) is 4.79 Å². The lowest BCUT2D eigenvalue weighted by Gasteiger charge is -2.23. The molecule has 1 atom stereocenters. The van der Waals surface area contributed by atoms with E-state index in [2.05, 4.69) is 10.3 Å². The highest BCUT2D eigenvalue weighted by molar-refractivity contribution is 6.29. The summed E-state index contributed by atoms with van der Waals surface area (Å²) in [6, 6.07) is 1.39. The zero-order valence-corrected chi connectivity index (χ0v) is 11.7. The first kappa shape index (κ1) is 15.7. The predicted molar refractivity (Wildman–Crippen MR) is 73.1 cm³/mol. The van der Waals surface area contributed by atoms with Crippen LogP contribution in [-0.4, -0.2) is 41.9 Å². The number of aliphatic hydroxyl groups is 1. The summed E-state index contributed by atoms with van der Waals surface area (Å²) in [5, 5.41) is 12.8. The number of hydrogen-bond donors (Lipinski definition) is 3. The first-order chi connectivity index (χ1) is 8.85. The van der Waals surface area contributed by atoms with Crippen molar-refractivity contribution in [3.05, 3.63) is 23.0 Å². The van der Waals surface area contributed by atoms with E-state index in [1.54, 1.807) is 14.0 Å². The Hall–Kier alpha value is -1.37. The van der Waals surface area contributed by atoms with Gasteiger partial charge in [0.05, 0.1) is 23.0 Å². The highest BCUT2D eigenvalue weighted by Gasteiger charge is 2.22. The number of pyridine rings is 1. The number of hydrogen-bond acceptors (Lipinski definition) is 5. The molecule has 0 aliphatic carbocycles. The van der Waals surface area contributed by atoms with E-state index in [4.69, 9.17) is 22.1 Å². The van der Waals surface area contributed by atoms with E-state index >= 15 is 0 Å². The van der Waals surface area contributed by atoms with Crippen molar-refractivity contribution in [3.8, 4) is 0 Å². The van der Waals surface area contributed by atoms with Gasteiger partial charge in [-0.1, -0.05) is 11.6 Å². The molecule has 0 spiro atoms. The van der Waals surface area contributed by atoms with Crippen molar-refractivity contribution in [2.75, 3.05) is 26.0 Å². The summed E-state index contributed by atoms with van der Waals surface area (Å²) in [5.41, 5.74) is 5.07. The minimum absolute atomic E-state index is 0.0918. The van der Waals surface area contributed by atoms with E-state index in [1.807, 2.05) is 0 Å². The molecule has 1 amide bonds. The Labute approximate surface area is 116 Å². The van der Waals surface area contributed by atoms with E-state index in [-0.39, 0.29) is 22.9 Å². The van der Waals surface area contributed by atoms with Gasteiger partial charge in [-0.05, 0) is 13.0 Å². The van der Waals surface area contributed by atoms with Gasteiger partial charge in [-0.2, -0.15) is 0 Å². The van der Waals surface area contributed by atoms with E-state index in [9.17, 15) is 9.90 Å². The van der Waals surface area contributed by atoms with Crippen molar-refractivity contribution in [1.29, 1.82) is 0 Å². The van der Waals surface area contributed by atoms with Gasteiger partial charge in [-0.25, -0.2) is 4.98 Å². The van der Waals surface area contributed by atoms with Crippen LogP contribution in [-0.2, 0) is 4.74 Å². The molecule has 7 heteroatoms. The number of aromatic nitrogens is 1. The fourth-order valence-electron chi connectivity index (χ4n) is 1.41. The summed E-state index contributed by atoms with van der Waals surface area (Å²) in [6.07, 6.45) is 1.73. The molecular weight excluding hydrogens is 270 g/mol. The summed E-state index contributed by atoms with van der Waals surface area (Å²) >= 11 is 5.71. The summed E-state index contributed by atoms with van der Waals surface area (Å²) in [7, 11) is 1.55. The molecule has 1 unspecified atom stereocenters. The molecule has 1 aromatic heterocycles. The summed E-state index contributed by atoms with van der Waals surface area (Å²) in [4.78, 5) is 15.7. The number of carbonyl (C=O) groups excluding carboxylic acids is 1. The van der Waals surface area contributed by atoms with Crippen molar-refractivity contribution in [2.24, 2.45) is 0 Å². The Kier molecular flexibility index (Phi) is 5.53. The third-order valence-corrected chi connectivity index (χ3v) is 2.83. The van der Waals surface area contributed by atoms with Crippen LogP contribution in [0.25, 0.3) is 0 Å². The average molecular weight is 288 g/mol. The highest BCUT2D eigenvalue weighted by Crippen LogP contribution is 2.15. The number of amides is 1. The minimum Gasteiger partial charge on any atom is -0.397 e. The van der Waals surface area contributed by atoms with Crippen LogP contribution < -0.4 is 11.1 Å². The Balaban J connectivity index is 2.62. The molecule has 4 N–H and O–H groups in total. The number of ether oxygens (including phenoxy) is 1. The van der Waals surface area contributed by atoms with Gasteiger partial charge in [0.1, 0.15) is 5.15 Å². The summed E-state index contributed by atoms with van der Waals surface area (Å²) < 4.78 is 4.89. The van der Waals surface area contributed by atoms with Gasteiger partial charge < -0.3 is 20.9 Å². The quantitative estimate of drug-likeness (QED) is 0.674. The molecule has 1 heterocycles. The van der Waals surface area contributed by atoms with Gasteiger partial charge in [0.2, 0.25) is 0 Å². The Morgan fingerprint density at radius 1 is 1.68 bits per heavy atom. The molecule has 0 fully saturated rings. The topological polar surface area (TPSA) is 97.5 Å². The van der Waals surface area contributed by atoms with Crippen LogP contribution in [0.4, 0.5) is 5.69 Å². The number of methoxy groups -OCH3 is 1. The molecular formula is C12H18ClN3O3. The van der Waals surface area contributed by atoms with Gasteiger partial charge in [-0.15, -0.1) is 0 Å². The first-order valence-electron chi connectivity index (χ1n) is 5.76. The van der Waals surface area contributed by atoms with Crippen LogP contribution >= 0.6 is 11.6 Å². The van der Waals surface area contributed by atoms with E-state index < -0.39 is 11.5 Å². The molecule has 0 saturated carbocycles. The van der Waals surface area contributed by atoms with Gasteiger partial charge in [0, 0.05) is 26.7 Å². The van der Waals surface area contributed by atoms with Crippen LogP contribution in [0.5, 0.6) is 0 Å². The largest absolute Gasteiger partial charge is 0.397 e. The summed E-state index contributed by atoms with van der Waals surface area (Å²) in [6.45, 7) is 2.12. The maximum atomic E-state index is 11.9. The van der Waals surface area contributed by atoms with Crippen LogP contribution in [0.1, 0.15) is 23.7 Å². The number of nitrogen functional groups attached to an aromatic ring is 1. The predicted octanol–water partition coefficient (Wildman–Crippen LogP) is 0.835.